The van der Waals surface area contributed by atoms with Crippen LogP contribution >= 0.6 is 12.2 Å². The Labute approximate surface area is 145 Å². The van der Waals surface area contributed by atoms with E-state index in [1.165, 1.54) is 0 Å². The van der Waals surface area contributed by atoms with Gasteiger partial charge in [0.2, 0.25) is 0 Å². The second-order valence-corrected chi connectivity index (χ2v) is 5.81. The molecular formula is C18H17N3O2S. The molecule has 2 heterocycles. The quantitative estimate of drug-likeness (QED) is 0.647. The number of rotatable bonds is 5. The van der Waals surface area contributed by atoms with Crippen molar-refractivity contribution in [3.05, 3.63) is 65.1 Å². The molecule has 0 saturated carbocycles. The maximum atomic E-state index is 11.6. The van der Waals surface area contributed by atoms with Gasteiger partial charge in [0.05, 0.1) is 6.61 Å². The standard InChI is InChI=1S/C18H17N3O2S/c1-12-3-2-4-14(19-12)9-10-23-15-7-5-13(6-8-15)11-16-17(22)21-18(24)20-16/h2-8,11H,9-10H2,1H3,(H2,20,21,22,24)/b16-11-. The predicted molar refractivity (Wildman–Crippen MR) is 96.5 cm³/mol. The Balaban J connectivity index is 1.56. The molecule has 0 atom stereocenters. The van der Waals surface area contributed by atoms with Crippen molar-refractivity contribution in [1.82, 2.24) is 15.6 Å². The number of hydrogen-bond acceptors (Lipinski definition) is 4. The van der Waals surface area contributed by atoms with Gasteiger partial charge >= 0.3 is 0 Å². The molecule has 1 amide bonds. The third kappa shape index (κ3) is 4.17. The third-order valence-corrected chi connectivity index (χ3v) is 3.69. The van der Waals surface area contributed by atoms with Gasteiger partial charge in [-0.3, -0.25) is 15.1 Å². The zero-order valence-corrected chi connectivity index (χ0v) is 14.0. The van der Waals surface area contributed by atoms with Crippen LogP contribution in [0.3, 0.4) is 0 Å². The molecule has 3 rings (SSSR count). The van der Waals surface area contributed by atoms with E-state index in [4.69, 9.17) is 17.0 Å². The number of nitrogens with one attached hydrogen (secondary N) is 2. The smallest absolute Gasteiger partial charge is 0.273 e. The van der Waals surface area contributed by atoms with E-state index < -0.39 is 0 Å². The fraction of sp³-hybridized carbons (Fsp3) is 0.167. The number of carbonyl (C=O) groups excluding carboxylic acids is 1. The van der Waals surface area contributed by atoms with Crippen LogP contribution in [0.4, 0.5) is 0 Å². The molecule has 24 heavy (non-hydrogen) atoms. The lowest BCUT2D eigenvalue weighted by Gasteiger charge is -2.07. The van der Waals surface area contributed by atoms with Crippen molar-refractivity contribution in [1.29, 1.82) is 0 Å². The van der Waals surface area contributed by atoms with Gasteiger partial charge in [-0.15, -0.1) is 0 Å². The molecule has 1 aromatic heterocycles. The number of hydrogen-bond donors (Lipinski definition) is 2. The normalized spacial score (nSPS) is 15.3. The van der Waals surface area contributed by atoms with Crippen molar-refractivity contribution < 1.29 is 9.53 Å². The summed E-state index contributed by atoms with van der Waals surface area (Å²) < 4.78 is 5.74. The number of benzene rings is 1. The number of aromatic nitrogens is 1. The molecule has 6 heteroatoms. The minimum atomic E-state index is -0.217. The highest BCUT2D eigenvalue weighted by Gasteiger charge is 2.19. The molecule has 0 radical (unpaired) electrons. The summed E-state index contributed by atoms with van der Waals surface area (Å²) in [5.74, 6) is 0.565. The third-order valence-electron chi connectivity index (χ3n) is 3.48. The SMILES string of the molecule is Cc1cccc(CCOc2ccc(/C=C3\NC(=S)NC3=O)cc2)n1. The summed E-state index contributed by atoms with van der Waals surface area (Å²) in [5.41, 5.74) is 3.36. The van der Waals surface area contributed by atoms with Crippen LogP contribution in [0.15, 0.2) is 48.2 Å². The van der Waals surface area contributed by atoms with Crippen molar-refractivity contribution in [3.8, 4) is 5.75 Å². The van der Waals surface area contributed by atoms with E-state index in [-0.39, 0.29) is 5.91 Å². The number of aryl methyl sites for hydroxylation is 1. The predicted octanol–water partition coefficient (Wildman–Crippen LogP) is 2.36. The van der Waals surface area contributed by atoms with Crippen molar-refractivity contribution in [2.45, 2.75) is 13.3 Å². The van der Waals surface area contributed by atoms with E-state index >= 15 is 0 Å². The Hall–Kier alpha value is -2.73. The molecule has 0 unspecified atom stereocenters. The first-order chi connectivity index (χ1) is 11.6. The van der Waals surface area contributed by atoms with Gasteiger partial charge in [-0.05, 0) is 55.0 Å². The highest BCUT2D eigenvalue weighted by Crippen LogP contribution is 2.15. The summed E-state index contributed by atoms with van der Waals surface area (Å²) in [6.45, 7) is 2.54. The van der Waals surface area contributed by atoms with E-state index in [1.807, 2.05) is 49.4 Å². The number of carbonyl (C=O) groups is 1. The number of pyridine rings is 1. The van der Waals surface area contributed by atoms with E-state index in [0.717, 1.165) is 29.1 Å². The zero-order chi connectivity index (χ0) is 16.9. The van der Waals surface area contributed by atoms with Gasteiger partial charge in [-0.1, -0.05) is 18.2 Å². The fourth-order valence-corrected chi connectivity index (χ4v) is 2.52. The highest BCUT2D eigenvalue weighted by atomic mass is 32.1. The van der Waals surface area contributed by atoms with Gasteiger partial charge in [0.15, 0.2) is 5.11 Å². The molecule has 0 spiro atoms. The molecule has 5 nitrogen and oxygen atoms in total. The van der Waals surface area contributed by atoms with Crippen LogP contribution in [0.2, 0.25) is 0 Å². The summed E-state index contributed by atoms with van der Waals surface area (Å²) in [6.07, 6.45) is 2.50. The summed E-state index contributed by atoms with van der Waals surface area (Å²) in [5, 5.41) is 5.68. The number of thiocarbonyl (C=S) groups is 1. The Morgan fingerprint density at radius 2 is 1.96 bits per heavy atom. The van der Waals surface area contributed by atoms with Gasteiger partial charge in [0.1, 0.15) is 11.4 Å². The van der Waals surface area contributed by atoms with Crippen molar-refractivity contribution >= 4 is 29.3 Å². The maximum Gasteiger partial charge on any atom is 0.273 e. The van der Waals surface area contributed by atoms with Gasteiger partial charge in [0, 0.05) is 17.8 Å². The van der Waals surface area contributed by atoms with Crippen LogP contribution in [0.5, 0.6) is 5.75 Å². The van der Waals surface area contributed by atoms with E-state index in [9.17, 15) is 4.79 Å². The molecule has 1 fully saturated rings. The van der Waals surface area contributed by atoms with Gasteiger partial charge < -0.3 is 10.1 Å². The first kappa shape index (κ1) is 16.1. The minimum absolute atomic E-state index is 0.217. The number of amides is 1. The fourth-order valence-electron chi connectivity index (χ4n) is 2.32. The van der Waals surface area contributed by atoms with Crippen molar-refractivity contribution in [3.63, 3.8) is 0 Å². The van der Waals surface area contributed by atoms with E-state index in [1.54, 1.807) is 6.08 Å². The lowest BCUT2D eigenvalue weighted by molar-refractivity contribution is -0.115. The van der Waals surface area contributed by atoms with E-state index in [0.29, 0.717) is 17.4 Å². The Morgan fingerprint density at radius 1 is 1.17 bits per heavy atom. The maximum absolute atomic E-state index is 11.6. The van der Waals surface area contributed by atoms with Crippen LogP contribution in [0.1, 0.15) is 17.0 Å². The average molecular weight is 339 g/mol. The van der Waals surface area contributed by atoms with E-state index in [2.05, 4.69) is 15.6 Å². The summed E-state index contributed by atoms with van der Waals surface area (Å²) in [4.78, 5) is 16.0. The number of nitrogens with zero attached hydrogens (tertiary/aromatic N) is 1. The van der Waals surface area contributed by atoms with Crippen LogP contribution in [-0.4, -0.2) is 22.6 Å². The zero-order valence-electron chi connectivity index (χ0n) is 13.2. The van der Waals surface area contributed by atoms with Gasteiger partial charge in [0.25, 0.3) is 5.91 Å². The first-order valence-corrected chi connectivity index (χ1v) is 8.00. The lowest BCUT2D eigenvalue weighted by Crippen LogP contribution is -2.21. The summed E-state index contributed by atoms with van der Waals surface area (Å²) >= 11 is 4.90. The van der Waals surface area contributed by atoms with Crippen LogP contribution in [0.25, 0.3) is 6.08 Å². The van der Waals surface area contributed by atoms with Crippen LogP contribution in [0, 0.1) is 6.92 Å². The summed E-state index contributed by atoms with van der Waals surface area (Å²) in [6, 6.07) is 13.5. The Kier molecular flexibility index (Phi) is 4.86. The molecule has 0 bridgehead atoms. The van der Waals surface area contributed by atoms with Gasteiger partial charge in [-0.25, -0.2) is 0 Å². The van der Waals surface area contributed by atoms with Crippen LogP contribution in [-0.2, 0) is 11.2 Å². The molecular weight excluding hydrogens is 322 g/mol. The molecule has 1 aliphatic rings. The first-order valence-electron chi connectivity index (χ1n) is 7.59. The minimum Gasteiger partial charge on any atom is -0.493 e. The molecule has 1 aromatic carbocycles. The average Bonchev–Trinajstić information content (AvgIpc) is 2.87. The topological polar surface area (TPSA) is 63.2 Å². The number of ether oxygens (including phenoxy) is 1. The second-order valence-electron chi connectivity index (χ2n) is 5.40. The molecule has 2 N–H and O–H groups in total. The van der Waals surface area contributed by atoms with Crippen molar-refractivity contribution in [2.75, 3.05) is 6.61 Å². The largest absolute Gasteiger partial charge is 0.493 e. The molecule has 1 saturated heterocycles. The molecule has 1 aliphatic heterocycles. The van der Waals surface area contributed by atoms with Gasteiger partial charge in [-0.2, -0.15) is 0 Å². The molecule has 122 valence electrons. The van der Waals surface area contributed by atoms with Crippen LogP contribution < -0.4 is 15.4 Å². The molecule has 2 aromatic rings. The summed E-state index contributed by atoms with van der Waals surface area (Å²) in [7, 11) is 0. The lowest BCUT2D eigenvalue weighted by atomic mass is 10.2. The Morgan fingerprint density at radius 3 is 2.62 bits per heavy atom. The molecule has 0 aliphatic carbocycles. The van der Waals surface area contributed by atoms with Crippen molar-refractivity contribution in [2.24, 2.45) is 0 Å². The second kappa shape index (κ2) is 7.23. The highest BCUT2D eigenvalue weighted by molar-refractivity contribution is 7.80. The monoisotopic (exact) mass is 339 g/mol. The Bertz CT molecular complexity index is 800.